The van der Waals surface area contributed by atoms with Crippen LogP contribution in [0.4, 0.5) is 11.4 Å². The van der Waals surface area contributed by atoms with Gasteiger partial charge in [-0.05, 0) is 61.7 Å². The summed E-state index contributed by atoms with van der Waals surface area (Å²) in [6, 6.07) is 14.2. The van der Waals surface area contributed by atoms with Gasteiger partial charge in [0.15, 0.2) is 0 Å². The van der Waals surface area contributed by atoms with Crippen molar-refractivity contribution >= 4 is 40.5 Å². The minimum absolute atomic E-state index is 0.147. The molecule has 1 fully saturated rings. The number of halogens is 2. The van der Waals surface area contributed by atoms with Crippen LogP contribution in [0.2, 0.25) is 10.0 Å². The Labute approximate surface area is 189 Å². The van der Waals surface area contributed by atoms with Crippen LogP contribution in [0, 0.1) is 5.92 Å². The smallest absolute Gasteiger partial charge is 0.244 e. The first-order valence-electron chi connectivity index (χ1n) is 10.7. The number of carbonyl (C=O) groups excluding carboxylic acids is 1. The summed E-state index contributed by atoms with van der Waals surface area (Å²) in [5.74, 6) is 0.308. The van der Waals surface area contributed by atoms with Gasteiger partial charge in [-0.1, -0.05) is 49.2 Å². The topological polar surface area (TPSA) is 26.8 Å². The Kier molecular flexibility index (Phi) is 6.29. The van der Waals surface area contributed by atoms with Crippen molar-refractivity contribution in [2.75, 3.05) is 29.9 Å². The molecule has 1 atom stereocenters. The minimum atomic E-state index is -0.249. The van der Waals surface area contributed by atoms with Gasteiger partial charge in [-0.25, -0.2) is 0 Å². The lowest BCUT2D eigenvalue weighted by atomic mass is 9.99. The third-order valence-electron chi connectivity index (χ3n) is 6.09. The first-order valence-corrected chi connectivity index (χ1v) is 11.4. The first-order chi connectivity index (χ1) is 14.4. The number of fused-ring (bicyclic) bond motifs is 1. The second-order valence-corrected chi connectivity index (χ2v) is 9.59. The third kappa shape index (κ3) is 4.32. The van der Waals surface area contributed by atoms with Crippen molar-refractivity contribution in [3.8, 4) is 0 Å². The van der Waals surface area contributed by atoms with E-state index in [0.717, 1.165) is 24.3 Å². The summed E-state index contributed by atoms with van der Waals surface area (Å²) in [5, 5.41) is 1.32. The number of benzene rings is 2. The number of anilines is 2. The van der Waals surface area contributed by atoms with Gasteiger partial charge in [0, 0.05) is 35.7 Å². The summed E-state index contributed by atoms with van der Waals surface area (Å²) < 4.78 is 0. The van der Waals surface area contributed by atoms with Gasteiger partial charge >= 0.3 is 0 Å². The van der Waals surface area contributed by atoms with Gasteiger partial charge in [0.2, 0.25) is 5.91 Å². The van der Waals surface area contributed by atoms with Crippen molar-refractivity contribution in [2.24, 2.45) is 5.92 Å². The maximum absolute atomic E-state index is 13.8. The van der Waals surface area contributed by atoms with Crippen molar-refractivity contribution in [3.05, 3.63) is 58.1 Å². The summed E-state index contributed by atoms with van der Waals surface area (Å²) in [5.41, 5.74) is 3.15. The summed E-state index contributed by atoms with van der Waals surface area (Å²) in [4.78, 5) is 20.3. The van der Waals surface area contributed by atoms with Crippen LogP contribution in [0.1, 0.15) is 32.3 Å². The van der Waals surface area contributed by atoms with E-state index in [1.165, 1.54) is 18.5 Å². The Balaban J connectivity index is 1.59. The molecule has 2 aliphatic rings. The molecule has 2 aromatic carbocycles. The Morgan fingerprint density at radius 3 is 2.47 bits per heavy atom. The maximum Gasteiger partial charge on any atom is 0.244 e. The molecular formula is C24H29Cl2N3O. The van der Waals surface area contributed by atoms with E-state index in [1.54, 1.807) is 6.07 Å². The largest absolute Gasteiger partial charge is 0.365 e. The van der Waals surface area contributed by atoms with Crippen LogP contribution in [0.25, 0.3) is 0 Å². The molecular weight excluding hydrogens is 417 g/mol. The molecule has 30 heavy (non-hydrogen) atoms. The van der Waals surface area contributed by atoms with Gasteiger partial charge < -0.3 is 9.80 Å². The van der Waals surface area contributed by atoms with Crippen molar-refractivity contribution in [2.45, 2.75) is 45.3 Å². The number of para-hydroxylation sites is 2. The van der Waals surface area contributed by atoms with Gasteiger partial charge in [0.25, 0.3) is 0 Å². The second-order valence-electron chi connectivity index (χ2n) is 8.74. The van der Waals surface area contributed by atoms with E-state index >= 15 is 0 Å². The van der Waals surface area contributed by atoms with Gasteiger partial charge in [-0.15, -0.1) is 0 Å². The predicted octanol–water partition coefficient (Wildman–Crippen LogP) is 5.47. The molecule has 2 aromatic rings. The highest BCUT2D eigenvalue weighted by molar-refractivity contribution is 6.33. The predicted molar refractivity (Wildman–Crippen MR) is 126 cm³/mol. The average Bonchev–Trinajstić information content (AvgIpc) is 3.55. The van der Waals surface area contributed by atoms with E-state index < -0.39 is 0 Å². The fourth-order valence-corrected chi connectivity index (χ4v) is 4.92. The Morgan fingerprint density at radius 2 is 1.80 bits per heavy atom. The number of likely N-dealkylation sites (N-methyl/N-ethyl adjacent to an activating group) is 1. The lowest BCUT2D eigenvalue weighted by Gasteiger charge is -2.41. The highest BCUT2D eigenvalue weighted by Crippen LogP contribution is 2.40. The minimum Gasteiger partial charge on any atom is -0.365 e. The molecule has 0 spiro atoms. The molecule has 1 saturated carbocycles. The van der Waals surface area contributed by atoms with Gasteiger partial charge in [-0.3, -0.25) is 9.69 Å². The fourth-order valence-electron chi connectivity index (χ4n) is 4.55. The summed E-state index contributed by atoms with van der Waals surface area (Å²) in [7, 11) is 1.99. The van der Waals surface area contributed by atoms with Crippen molar-refractivity contribution < 1.29 is 4.79 Å². The van der Waals surface area contributed by atoms with Crippen LogP contribution < -0.4 is 9.80 Å². The molecule has 0 aromatic heterocycles. The van der Waals surface area contributed by atoms with Crippen LogP contribution in [0.15, 0.2) is 42.5 Å². The molecule has 4 nitrogen and oxygen atoms in total. The SMILES string of the molecule is CC(C)[C@@H](C(=O)N1CCN(C2CC2)c2ccccc21)N(C)Cc1cc(Cl)ccc1Cl. The lowest BCUT2D eigenvalue weighted by Crippen LogP contribution is -2.53. The third-order valence-corrected chi connectivity index (χ3v) is 6.69. The van der Waals surface area contributed by atoms with Crippen molar-refractivity contribution in [1.82, 2.24) is 4.90 Å². The molecule has 4 rings (SSSR count). The molecule has 0 radical (unpaired) electrons. The van der Waals surface area contributed by atoms with Crippen LogP contribution >= 0.6 is 23.2 Å². The van der Waals surface area contributed by atoms with Crippen LogP contribution in [-0.2, 0) is 11.3 Å². The van der Waals surface area contributed by atoms with E-state index in [2.05, 4.69) is 41.8 Å². The number of amides is 1. The molecule has 1 aliphatic heterocycles. The lowest BCUT2D eigenvalue weighted by molar-refractivity contribution is -0.125. The van der Waals surface area contributed by atoms with Gasteiger partial charge in [0.05, 0.1) is 17.4 Å². The van der Waals surface area contributed by atoms with Crippen molar-refractivity contribution in [3.63, 3.8) is 0 Å². The number of carbonyl (C=O) groups is 1. The molecule has 0 bridgehead atoms. The molecule has 1 amide bonds. The zero-order chi connectivity index (χ0) is 21.4. The maximum atomic E-state index is 13.8. The van der Waals surface area contributed by atoms with Crippen LogP contribution in [0.5, 0.6) is 0 Å². The number of nitrogens with zero attached hydrogens (tertiary/aromatic N) is 3. The summed E-state index contributed by atoms with van der Waals surface area (Å²) >= 11 is 12.6. The summed E-state index contributed by atoms with van der Waals surface area (Å²) in [6.45, 7) is 6.39. The number of hydrogen-bond donors (Lipinski definition) is 0. The quantitative estimate of drug-likeness (QED) is 0.589. The van der Waals surface area contributed by atoms with E-state index in [-0.39, 0.29) is 17.9 Å². The Hall–Kier alpha value is -1.75. The van der Waals surface area contributed by atoms with E-state index in [1.807, 2.05) is 30.1 Å². The summed E-state index contributed by atoms with van der Waals surface area (Å²) in [6.07, 6.45) is 2.50. The molecule has 1 heterocycles. The Bertz CT molecular complexity index is 928. The molecule has 6 heteroatoms. The Morgan fingerprint density at radius 1 is 1.10 bits per heavy atom. The van der Waals surface area contributed by atoms with Gasteiger partial charge in [-0.2, -0.15) is 0 Å². The van der Waals surface area contributed by atoms with E-state index in [4.69, 9.17) is 23.2 Å². The zero-order valence-electron chi connectivity index (χ0n) is 17.8. The average molecular weight is 446 g/mol. The van der Waals surface area contributed by atoms with Crippen LogP contribution in [0.3, 0.4) is 0 Å². The first kappa shape index (κ1) is 21.5. The highest BCUT2D eigenvalue weighted by atomic mass is 35.5. The fraction of sp³-hybridized carbons (Fsp3) is 0.458. The zero-order valence-corrected chi connectivity index (χ0v) is 19.3. The molecule has 1 aliphatic carbocycles. The number of hydrogen-bond acceptors (Lipinski definition) is 3. The standard InChI is InChI=1S/C24H29Cl2N3O/c1-16(2)23(27(3)15-17-14-18(25)8-11-20(17)26)24(30)29-13-12-28(19-9-10-19)21-6-4-5-7-22(21)29/h4-8,11,14,16,19,23H,9-10,12-13,15H2,1-3H3/t23-/m0/s1. The second kappa shape index (κ2) is 8.78. The van der Waals surface area contributed by atoms with E-state index in [9.17, 15) is 4.79 Å². The monoisotopic (exact) mass is 445 g/mol. The molecule has 0 saturated heterocycles. The highest BCUT2D eigenvalue weighted by Gasteiger charge is 2.38. The molecule has 0 unspecified atom stereocenters. The van der Waals surface area contributed by atoms with E-state index in [0.29, 0.717) is 22.6 Å². The van der Waals surface area contributed by atoms with Gasteiger partial charge in [0.1, 0.15) is 0 Å². The number of rotatable bonds is 6. The van der Waals surface area contributed by atoms with Crippen LogP contribution in [-0.4, -0.2) is 43.0 Å². The van der Waals surface area contributed by atoms with Crippen molar-refractivity contribution in [1.29, 1.82) is 0 Å². The molecule has 0 N–H and O–H groups in total. The molecule has 160 valence electrons. The normalized spacial score (nSPS) is 17.4.